The molecule has 1 aliphatic rings. The van der Waals surface area contributed by atoms with Gasteiger partial charge in [0.2, 0.25) is 0 Å². The molecule has 0 radical (unpaired) electrons. The number of nitrogens with two attached hydrogens (primary N) is 1. The van der Waals surface area contributed by atoms with Crippen molar-refractivity contribution in [3.63, 3.8) is 0 Å². The topological polar surface area (TPSA) is 44.9 Å². The van der Waals surface area contributed by atoms with Crippen LogP contribution in [0.25, 0.3) is 0 Å². The van der Waals surface area contributed by atoms with Crippen LogP contribution in [0, 0.1) is 0 Å². The van der Waals surface area contributed by atoms with Gasteiger partial charge in [-0.15, -0.1) is 0 Å². The van der Waals surface area contributed by atoms with E-state index in [0.29, 0.717) is 6.04 Å². The largest absolute Gasteiger partial charge is 0.370 e. The van der Waals surface area contributed by atoms with E-state index < -0.39 is 0 Å². The number of hydrogen-bond acceptors (Lipinski definition) is 3. The van der Waals surface area contributed by atoms with Crippen LogP contribution in [0.5, 0.6) is 0 Å². The molecule has 1 aromatic rings. The van der Waals surface area contributed by atoms with Crippen LogP contribution in [0.1, 0.15) is 51.1 Å². The number of hydrogen-bond donors (Lipinski definition) is 1. The Kier molecular flexibility index (Phi) is 7.19. The van der Waals surface area contributed by atoms with Crippen molar-refractivity contribution in [2.24, 2.45) is 10.7 Å². The second kappa shape index (κ2) is 9.16. The number of likely N-dealkylation sites (N-methyl/N-ethyl adjacent to an activating group) is 1. The van der Waals surface area contributed by atoms with Gasteiger partial charge in [0.05, 0.1) is 12.6 Å². The van der Waals surface area contributed by atoms with Crippen molar-refractivity contribution in [1.82, 2.24) is 9.80 Å². The fourth-order valence-electron chi connectivity index (χ4n) is 3.14. The van der Waals surface area contributed by atoms with Crippen LogP contribution in [-0.2, 0) is 0 Å². The number of likely N-dealkylation sites (tertiary alicyclic amines) is 1. The zero-order valence-corrected chi connectivity index (χ0v) is 14.8. The summed E-state index contributed by atoms with van der Waals surface area (Å²) in [5.41, 5.74) is 7.62. The van der Waals surface area contributed by atoms with Gasteiger partial charge in [0.15, 0.2) is 5.96 Å². The van der Waals surface area contributed by atoms with Gasteiger partial charge in [0, 0.05) is 13.1 Å². The molecule has 0 aromatic carbocycles. The molecule has 2 heterocycles. The van der Waals surface area contributed by atoms with Crippen molar-refractivity contribution in [1.29, 1.82) is 0 Å². The van der Waals surface area contributed by atoms with Gasteiger partial charge in [0.1, 0.15) is 0 Å². The Hall–Kier alpha value is -1.07. The van der Waals surface area contributed by atoms with Crippen LogP contribution in [0.4, 0.5) is 0 Å². The SMILES string of the molecule is CCN(CC)C(CN=C(N)N1CCCCCC1)c1ccsc1. The molecule has 4 nitrogen and oxygen atoms in total. The summed E-state index contributed by atoms with van der Waals surface area (Å²) in [6, 6.07) is 2.55. The van der Waals surface area contributed by atoms with Gasteiger partial charge in [-0.25, -0.2) is 0 Å². The van der Waals surface area contributed by atoms with Crippen molar-refractivity contribution in [3.05, 3.63) is 22.4 Å². The molecule has 2 N–H and O–H groups in total. The third-order valence-electron chi connectivity index (χ3n) is 4.54. The van der Waals surface area contributed by atoms with E-state index in [2.05, 4.69) is 40.5 Å². The lowest BCUT2D eigenvalue weighted by Crippen LogP contribution is -2.39. The normalized spacial score (nSPS) is 18.5. The van der Waals surface area contributed by atoms with Crippen LogP contribution in [0.15, 0.2) is 21.8 Å². The van der Waals surface area contributed by atoms with E-state index in [1.54, 1.807) is 11.3 Å². The number of nitrogens with zero attached hydrogens (tertiary/aromatic N) is 3. The van der Waals surface area contributed by atoms with E-state index >= 15 is 0 Å². The molecule has 0 amide bonds. The molecule has 1 unspecified atom stereocenters. The molecule has 1 aliphatic heterocycles. The van der Waals surface area contributed by atoms with E-state index in [0.717, 1.165) is 38.7 Å². The average Bonchev–Trinajstić information content (AvgIpc) is 2.92. The predicted octanol–water partition coefficient (Wildman–Crippen LogP) is 3.32. The van der Waals surface area contributed by atoms with Crippen molar-refractivity contribution in [2.75, 3.05) is 32.7 Å². The smallest absolute Gasteiger partial charge is 0.191 e. The summed E-state index contributed by atoms with van der Waals surface area (Å²) in [5.74, 6) is 0.731. The van der Waals surface area contributed by atoms with Crippen LogP contribution < -0.4 is 5.73 Å². The maximum atomic E-state index is 6.26. The third kappa shape index (κ3) is 4.71. The zero-order valence-electron chi connectivity index (χ0n) is 14.0. The Bertz CT molecular complexity index is 432. The second-order valence-corrected chi connectivity index (χ2v) is 6.67. The van der Waals surface area contributed by atoms with Gasteiger partial charge < -0.3 is 10.6 Å². The monoisotopic (exact) mass is 322 g/mol. The molecule has 124 valence electrons. The second-order valence-electron chi connectivity index (χ2n) is 5.89. The van der Waals surface area contributed by atoms with Gasteiger partial charge in [0.25, 0.3) is 0 Å². The highest BCUT2D eigenvalue weighted by Gasteiger charge is 2.19. The van der Waals surface area contributed by atoms with E-state index in [4.69, 9.17) is 10.7 Å². The number of thiophene rings is 1. The Labute approximate surface area is 139 Å². The molecule has 0 spiro atoms. The first-order valence-corrected chi connectivity index (χ1v) is 9.51. The summed E-state index contributed by atoms with van der Waals surface area (Å²) < 4.78 is 0. The minimum atomic E-state index is 0.340. The first kappa shape index (κ1) is 17.3. The van der Waals surface area contributed by atoms with Gasteiger partial charge >= 0.3 is 0 Å². The first-order valence-electron chi connectivity index (χ1n) is 8.57. The highest BCUT2D eigenvalue weighted by molar-refractivity contribution is 7.07. The summed E-state index contributed by atoms with van der Waals surface area (Å²) in [6.07, 6.45) is 5.11. The van der Waals surface area contributed by atoms with E-state index in [-0.39, 0.29) is 0 Å². The minimum Gasteiger partial charge on any atom is -0.370 e. The number of aliphatic imine (C=N–C) groups is 1. The fraction of sp³-hybridized carbons (Fsp3) is 0.706. The van der Waals surface area contributed by atoms with Gasteiger partial charge in [-0.3, -0.25) is 9.89 Å². The maximum Gasteiger partial charge on any atom is 0.191 e. The number of rotatable bonds is 6. The van der Waals surface area contributed by atoms with Crippen LogP contribution in [-0.4, -0.2) is 48.5 Å². The molecule has 0 saturated carbocycles. The molecule has 2 rings (SSSR count). The summed E-state index contributed by atoms with van der Waals surface area (Å²) in [4.78, 5) is 9.47. The predicted molar refractivity (Wildman–Crippen MR) is 96.5 cm³/mol. The van der Waals surface area contributed by atoms with Crippen molar-refractivity contribution < 1.29 is 0 Å². The summed E-state index contributed by atoms with van der Waals surface area (Å²) >= 11 is 1.75. The molecule has 22 heavy (non-hydrogen) atoms. The third-order valence-corrected chi connectivity index (χ3v) is 5.24. The summed E-state index contributed by atoms with van der Waals surface area (Å²) in [5, 5.41) is 4.38. The van der Waals surface area contributed by atoms with E-state index in [9.17, 15) is 0 Å². The lowest BCUT2D eigenvalue weighted by Gasteiger charge is -2.29. The maximum absolute atomic E-state index is 6.26. The van der Waals surface area contributed by atoms with Crippen molar-refractivity contribution in [2.45, 2.75) is 45.6 Å². The van der Waals surface area contributed by atoms with E-state index in [1.165, 1.54) is 31.2 Å². The molecule has 1 saturated heterocycles. The van der Waals surface area contributed by atoms with Crippen LogP contribution in [0.3, 0.4) is 0 Å². The molecule has 1 atom stereocenters. The quantitative estimate of drug-likeness (QED) is 0.645. The molecule has 0 bridgehead atoms. The standard InChI is InChI=1S/C17H30N4S/c1-3-20(4-2)16(15-9-12-22-14-15)13-19-17(18)21-10-7-5-6-8-11-21/h9,12,14,16H,3-8,10-11,13H2,1-2H3,(H2,18,19). The lowest BCUT2D eigenvalue weighted by molar-refractivity contribution is 0.224. The van der Waals surface area contributed by atoms with Gasteiger partial charge in [-0.05, 0) is 48.3 Å². The zero-order chi connectivity index (χ0) is 15.8. The molecule has 0 aliphatic carbocycles. The Morgan fingerprint density at radius 1 is 1.27 bits per heavy atom. The van der Waals surface area contributed by atoms with Crippen LogP contribution in [0.2, 0.25) is 0 Å². The van der Waals surface area contributed by atoms with Crippen LogP contribution >= 0.6 is 11.3 Å². The Morgan fingerprint density at radius 3 is 2.50 bits per heavy atom. The summed E-state index contributed by atoms with van der Waals surface area (Å²) in [7, 11) is 0. The fourth-order valence-corrected chi connectivity index (χ4v) is 3.85. The van der Waals surface area contributed by atoms with Crippen molar-refractivity contribution >= 4 is 17.3 Å². The highest BCUT2D eigenvalue weighted by atomic mass is 32.1. The average molecular weight is 323 g/mol. The van der Waals surface area contributed by atoms with Crippen molar-refractivity contribution in [3.8, 4) is 0 Å². The van der Waals surface area contributed by atoms with Gasteiger partial charge in [-0.2, -0.15) is 11.3 Å². The molecular formula is C17H30N4S. The molecular weight excluding hydrogens is 292 g/mol. The lowest BCUT2D eigenvalue weighted by atomic mass is 10.1. The summed E-state index contributed by atoms with van der Waals surface area (Å²) in [6.45, 7) is 9.37. The molecule has 5 heteroatoms. The van der Waals surface area contributed by atoms with E-state index in [1.807, 2.05) is 0 Å². The number of guanidine groups is 1. The Balaban J connectivity index is 2.04. The molecule has 1 aromatic heterocycles. The Morgan fingerprint density at radius 2 is 1.95 bits per heavy atom. The molecule has 1 fully saturated rings. The first-order chi connectivity index (χ1) is 10.8. The highest BCUT2D eigenvalue weighted by Crippen LogP contribution is 2.23. The minimum absolute atomic E-state index is 0.340. The van der Waals surface area contributed by atoms with Gasteiger partial charge in [-0.1, -0.05) is 26.7 Å².